The Balaban J connectivity index is 1.84. The largest absolute Gasteiger partial charge is 0.310 e. The van der Waals surface area contributed by atoms with Gasteiger partial charge in [0.15, 0.2) is 0 Å². The van der Waals surface area contributed by atoms with Crippen LogP contribution in [0.4, 0.5) is 0 Å². The van der Waals surface area contributed by atoms with E-state index in [1.807, 2.05) is 30.3 Å². The fraction of sp³-hybridized carbons (Fsp3) is 0.500. The van der Waals surface area contributed by atoms with E-state index in [-0.39, 0.29) is 0 Å². The van der Waals surface area contributed by atoms with Gasteiger partial charge in [0.1, 0.15) is 0 Å². The van der Waals surface area contributed by atoms with E-state index in [4.69, 9.17) is 0 Å². The molecule has 0 fully saturated rings. The number of hydrogen-bond acceptors (Lipinski definition) is 4. The molecule has 0 spiro atoms. The lowest BCUT2D eigenvalue weighted by atomic mass is 10.2. The number of nitrogens with zero attached hydrogens (tertiary/aromatic N) is 4. The fourth-order valence-electron chi connectivity index (χ4n) is 2.17. The smallest absolute Gasteiger partial charge is 0.0544 e. The standard InChI is InChI=1S/C16H25N5/c1-13(2)17-7-14-5-6-16(18-8-14)12-20(3)10-15-9-19-21(4)11-15/h5-6,8-9,11,13,17H,7,10,12H2,1-4H3. The molecule has 21 heavy (non-hydrogen) atoms. The van der Waals surface area contributed by atoms with Crippen LogP contribution in [0.1, 0.15) is 30.7 Å². The molecule has 0 bridgehead atoms. The highest BCUT2D eigenvalue weighted by molar-refractivity contribution is 5.14. The summed E-state index contributed by atoms with van der Waals surface area (Å²) in [6.07, 6.45) is 5.91. The summed E-state index contributed by atoms with van der Waals surface area (Å²) in [4.78, 5) is 6.78. The maximum atomic E-state index is 4.54. The molecule has 1 N–H and O–H groups in total. The minimum Gasteiger partial charge on any atom is -0.310 e. The maximum absolute atomic E-state index is 4.54. The minimum absolute atomic E-state index is 0.496. The van der Waals surface area contributed by atoms with Crippen LogP contribution in [0.2, 0.25) is 0 Å². The summed E-state index contributed by atoms with van der Waals surface area (Å²) in [5.41, 5.74) is 3.54. The third-order valence-electron chi connectivity index (χ3n) is 3.24. The molecular formula is C16H25N5. The quantitative estimate of drug-likeness (QED) is 0.845. The van der Waals surface area contributed by atoms with Crippen molar-refractivity contribution in [2.75, 3.05) is 7.05 Å². The SMILES string of the molecule is CC(C)NCc1ccc(CN(C)Cc2cnn(C)c2)nc1. The second-order valence-electron chi connectivity index (χ2n) is 5.89. The summed E-state index contributed by atoms with van der Waals surface area (Å²) in [6, 6.07) is 4.75. The van der Waals surface area contributed by atoms with Crippen LogP contribution in [0.3, 0.4) is 0 Å². The number of nitrogens with one attached hydrogen (secondary N) is 1. The van der Waals surface area contributed by atoms with Crippen molar-refractivity contribution in [1.29, 1.82) is 0 Å². The predicted octanol–water partition coefficient (Wildman–Crippen LogP) is 1.95. The second kappa shape index (κ2) is 7.33. The van der Waals surface area contributed by atoms with Crippen LogP contribution in [-0.4, -0.2) is 32.8 Å². The Bertz CT molecular complexity index is 544. The van der Waals surface area contributed by atoms with Gasteiger partial charge in [0.2, 0.25) is 0 Å². The van der Waals surface area contributed by atoms with Crippen LogP contribution < -0.4 is 5.32 Å². The van der Waals surface area contributed by atoms with Crippen LogP contribution in [0, 0.1) is 0 Å². The molecule has 0 unspecified atom stereocenters. The molecule has 0 amide bonds. The van der Waals surface area contributed by atoms with Crippen LogP contribution in [0.15, 0.2) is 30.7 Å². The van der Waals surface area contributed by atoms with Crippen molar-refractivity contribution in [3.05, 3.63) is 47.5 Å². The van der Waals surface area contributed by atoms with Gasteiger partial charge in [0, 0.05) is 50.7 Å². The van der Waals surface area contributed by atoms with Crippen molar-refractivity contribution in [1.82, 2.24) is 25.0 Å². The summed E-state index contributed by atoms with van der Waals surface area (Å²) in [5, 5.41) is 7.59. The third kappa shape index (κ3) is 5.28. The van der Waals surface area contributed by atoms with E-state index < -0.39 is 0 Å². The van der Waals surface area contributed by atoms with Gasteiger partial charge in [0.25, 0.3) is 0 Å². The molecule has 0 aromatic carbocycles. The predicted molar refractivity (Wildman–Crippen MR) is 84.6 cm³/mol. The maximum Gasteiger partial charge on any atom is 0.0544 e. The summed E-state index contributed by atoms with van der Waals surface area (Å²) in [7, 11) is 4.04. The first-order valence-corrected chi connectivity index (χ1v) is 7.36. The highest BCUT2D eigenvalue weighted by Crippen LogP contribution is 2.07. The highest BCUT2D eigenvalue weighted by atomic mass is 15.2. The molecule has 0 atom stereocenters. The Labute approximate surface area is 127 Å². The summed E-state index contributed by atoms with van der Waals surface area (Å²) < 4.78 is 1.83. The summed E-state index contributed by atoms with van der Waals surface area (Å²) in [6.45, 7) is 6.89. The molecule has 2 rings (SSSR count). The van der Waals surface area contributed by atoms with E-state index in [2.05, 4.69) is 53.3 Å². The van der Waals surface area contributed by atoms with Gasteiger partial charge < -0.3 is 5.32 Å². The number of rotatable bonds is 7. The molecular weight excluding hydrogens is 262 g/mol. The van der Waals surface area contributed by atoms with Crippen LogP contribution in [0.5, 0.6) is 0 Å². The van der Waals surface area contributed by atoms with E-state index in [1.165, 1.54) is 11.1 Å². The molecule has 0 saturated heterocycles. The lowest BCUT2D eigenvalue weighted by Gasteiger charge is -2.15. The zero-order valence-electron chi connectivity index (χ0n) is 13.4. The van der Waals surface area contributed by atoms with Gasteiger partial charge in [-0.1, -0.05) is 19.9 Å². The Kier molecular flexibility index (Phi) is 5.47. The summed E-state index contributed by atoms with van der Waals surface area (Å²) >= 11 is 0. The molecule has 5 nitrogen and oxygen atoms in total. The Hall–Kier alpha value is -1.72. The molecule has 0 aliphatic carbocycles. The topological polar surface area (TPSA) is 46.0 Å². The second-order valence-corrected chi connectivity index (χ2v) is 5.89. The molecule has 114 valence electrons. The minimum atomic E-state index is 0.496. The van der Waals surface area contributed by atoms with E-state index in [0.29, 0.717) is 6.04 Å². The van der Waals surface area contributed by atoms with Gasteiger partial charge in [-0.2, -0.15) is 5.10 Å². The van der Waals surface area contributed by atoms with Crippen molar-refractivity contribution in [3.63, 3.8) is 0 Å². The van der Waals surface area contributed by atoms with Gasteiger partial charge in [-0.25, -0.2) is 0 Å². The Morgan fingerprint density at radius 2 is 2.00 bits per heavy atom. The molecule has 0 aliphatic rings. The van der Waals surface area contributed by atoms with Gasteiger partial charge in [-0.15, -0.1) is 0 Å². The fourth-order valence-corrected chi connectivity index (χ4v) is 2.17. The monoisotopic (exact) mass is 287 g/mol. The van der Waals surface area contributed by atoms with Gasteiger partial charge in [-0.05, 0) is 18.7 Å². The molecule has 5 heteroatoms. The van der Waals surface area contributed by atoms with E-state index in [9.17, 15) is 0 Å². The first kappa shape index (κ1) is 15.7. The van der Waals surface area contributed by atoms with Crippen LogP contribution >= 0.6 is 0 Å². The average molecular weight is 287 g/mol. The molecule has 0 saturated carbocycles. The number of hydrogen-bond donors (Lipinski definition) is 1. The average Bonchev–Trinajstić information content (AvgIpc) is 2.83. The molecule has 2 aromatic rings. The Morgan fingerprint density at radius 3 is 2.57 bits per heavy atom. The van der Waals surface area contributed by atoms with Gasteiger partial charge in [0.05, 0.1) is 11.9 Å². The normalized spacial score (nSPS) is 11.5. The van der Waals surface area contributed by atoms with Crippen LogP contribution in [-0.2, 0) is 26.7 Å². The van der Waals surface area contributed by atoms with Crippen molar-refractivity contribution < 1.29 is 0 Å². The highest BCUT2D eigenvalue weighted by Gasteiger charge is 2.05. The van der Waals surface area contributed by atoms with E-state index >= 15 is 0 Å². The zero-order chi connectivity index (χ0) is 15.2. The third-order valence-corrected chi connectivity index (χ3v) is 3.24. The van der Waals surface area contributed by atoms with Crippen LogP contribution in [0.25, 0.3) is 0 Å². The number of pyridine rings is 1. The first-order chi connectivity index (χ1) is 10.0. The lowest BCUT2D eigenvalue weighted by molar-refractivity contribution is 0.315. The van der Waals surface area contributed by atoms with Gasteiger partial charge in [-0.3, -0.25) is 14.6 Å². The zero-order valence-corrected chi connectivity index (χ0v) is 13.4. The molecule has 0 radical (unpaired) electrons. The first-order valence-electron chi connectivity index (χ1n) is 7.36. The number of aryl methyl sites for hydroxylation is 1. The van der Waals surface area contributed by atoms with Crippen molar-refractivity contribution in [2.24, 2.45) is 7.05 Å². The number of aromatic nitrogens is 3. The molecule has 0 aliphatic heterocycles. The summed E-state index contributed by atoms with van der Waals surface area (Å²) in [5.74, 6) is 0. The van der Waals surface area contributed by atoms with Gasteiger partial charge >= 0.3 is 0 Å². The van der Waals surface area contributed by atoms with Crippen molar-refractivity contribution >= 4 is 0 Å². The van der Waals surface area contributed by atoms with Crippen molar-refractivity contribution in [3.8, 4) is 0 Å². The molecule has 2 aromatic heterocycles. The molecule has 2 heterocycles. The van der Waals surface area contributed by atoms with Crippen molar-refractivity contribution in [2.45, 2.75) is 39.5 Å². The van der Waals surface area contributed by atoms with E-state index in [0.717, 1.165) is 25.3 Å². The lowest BCUT2D eigenvalue weighted by Crippen LogP contribution is -2.22. The van der Waals surface area contributed by atoms with E-state index in [1.54, 1.807) is 0 Å². The Morgan fingerprint density at radius 1 is 1.19 bits per heavy atom.